The molecule has 0 saturated carbocycles. The fourth-order valence-corrected chi connectivity index (χ4v) is 4.83. The molecule has 1 N–H and O–H groups in total. The van der Waals surface area contributed by atoms with Crippen molar-refractivity contribution in [2.24, 2.45) is 5.92 Å². The molecule has 0 bridgehead atoms. The molecule has 5 rings (SSSR count). The van der Waals surface area contributed by atoms with Crippen molar-refractivity contribution in [1.29, 1.82) is 0 Å². The molecule has 5 heteroatoms. The number of aliphatic hydroxyl groups is 1. The summed E-state index contributed by atoms with van der Waals surface area (Å²) >= 11 is 1.66. The normalized spacial score (nSPS) is 25.6. The van der Waals surface area contributed by atoms with Crippen LogP contribution in [-0.4, -0.2) is 19.6 Å². The number of hydrogen-bond acceptors (Lipinski definition) is 4. The minimum atomic E-state index is -0.499. The zero-order chi connectivity index (χ0) is 14.7. The second kappa shape index (κ2) is 4.51. The summed E-state index contributed by atoms with van der Waals surface area (Å²) in [6.45, 7) is 0. The van der Waals surface area contributed by atoms with Crippen molar-refractivity contribution >= 4 is 11.3 Å². The van der Waals surface area contributed by atoms with E-state index in [4.69, 9.17) is 0 Å². The maximum absolute atomic E-state index is 10.9. The number of aliphatic hydroxyl groups excluding tert-OH is 1. The molecule has 0 saturated heterocycles. The van der Waals surface area contributed by atoms with Gasteiger partial charge in [-0.3, -0.25) is 0 Å². The fourth-order valence-electron chi connectivity index (χ4n) is 4.01. The Kier molecular flexibility index (Phi) is 2.57. The van der Waals surface area contributed by atoms with Crippen LogP contribution in [0, 0.1) is 5.92 Å². The van der Waals surface area contributed by atoms with Crippen molar-refractivity contribution in [3.8, 4) is 11.3 Å². The molecule has 3 unspecified atom stereocenters. The third kappa shape index (κ3) is 1.55. The van der Waals surface area contributed by atoms with E-state index < -0.39 is 6.10 Å². The van der Waals surface area contributed by atoms with Crippen LogP contribution in [0.4, 0.5) is 0 Å². The first-order valence-corrected chi connectivity index (χ1v) is 8.44. The molecular formula is C17H15N3OS. The van der Waals surface area contributed by atoms with E-state index >= 15 is 0 Å². The summed E-state index contributed by atoms with van der Waals surface area (Å²) in [6, 6.07) is 8.62. The summed E-state index contributed by atoms with van der Waals surface area (Å²) in [4.78, 5) is 9.95. The molecule has 3 atom stereocenters. The standard InChI is InChI=1S/C17H15N3OS/c21-17-12(5-6-14-15(17)19-9-22-14)16-11-4-2-1-3-10(11)13-7-18-8-20(13)16/h1-4,7-9,12,16-17,21H,5-6H2. The zero-order valence-corrected chi connectivity index (χ0v) is 12.7. The van der Waals surface area contributed by atoms with Crippen molar-refractivity contribution in [2.75, 3.05) is 0 Å². The fraction of sp³-hybridized carbons (Fsp3) is 0.294. The lowest BCUT2D eigenvalue weighted by molar-refractivity contribution is 0.0692. The Labute approximate surface area is 132 Å². The minimum Gasteiger partial charge on any atom is -0.386 e. The lowest BCUT2D eigenvalue weighted by Gasteiger charge is -2.33. The van der Waals surface area contributed by atoms with E-state index in [0.29, 0.717) is 0 Å². The second-order valence-corrected chi connectivity index (χ2v) is 6.97. The predicted molar refractivity (Wildman–Crippen MR) is 84.7 cm³/mol. The van der Waals surface area contributed by atoms with E-state index in [1.54, 1.807) is 11.3 Å². The molecule has 2 aromatic heterocycles. The van der Waals surface area contributed by atoms with Crippen LogP contribution in [0.1, 0.15) is 34.7 Å². The number of nitrogens with zero attached hydrogens (tertiary/aromatic N) is 3. The van der Waals surface area contributed by atoms with Crippen LogP contribution in [-0.2, 0) is 6.42 Å². The van der Waals surface area contributed by atoms with E-state index in [9.17, 15) is 5.11 Å². The quantitative estimate of drug-likeness (QED) is 0.751. The predicted octanol–water partition coefficient (Wildman–Crippen LogP) is 3.21. The molecule has 3 heterocycles. The first-order valence-electron chi connectivity index (χ1n) is 7.56. The van der Waals surface area contributed by atoms with Gasteiger partial charge in [-0.15, -0.1) is 11.3 Å². The topological polar surface area (TPSA) is 50.9 Å². The van der Waals surface area contributed by atoms with E-state index in [0.717, 1.165) is 24.2 Å². The van der Waals surface area contributed by atoms with E-state index in [1.807, 2.05) is 18.0 Å². The van der Waals surface area contributed by atoms with Gasteiger partial charge >= 0.3 is 0 Å². The Hall–Kier alpha value is -1.98. The van der Waals surface area contributed by atoms with E-state index in [2.05, 4.69) is 38.8 Å². The summed E-state index contributed by atoms with van der Waals surface area (Å²) in [7, 11) is 0. The van der Waals surface area contributed by atoms with Crippen LogP contribution >= 0.6 is 11.3 Å². The molecule has 0 spiro atoms. The molecule has 1 aliphatic heterocycles. The summed E-state index contributed by atoms with van der Waals surface area (Å²) < 4.78 is 2.22. The van der Waals surface area contributed by atoms with E-state index in [-0.39, 0.29) is 12.0 Å². The first kappa shape index (κ1) is 12.6. The van der Waals surface area contributed by atoms with Gasteiger partial charge in [-0.25, -0.2) is 9.97 Å². The second-order valence-electron chi connectivity index (χ2n) is 6.03. The third-order valence-electron chi connectivity index (χ3n) is 4.99. The van der Waals surface area contributed by atoms with Gasteiger partial charge in [-0.05, 0) is 18.4 Å². The van der Waals surface area contributed by atoms with Crippen LogP contribution in [0.5, 0.6) is 0 Å². The molecule has 22 heavy (non-hydrogen) atoms. The molecule has 0 radical (unpaired) electrons. The van der Waals surface area contributed by atoms with Crippen LogP contribution in [0.15, 0.2) is 42.3 Å². The molecule has 1 aliphatic carbocycles. The number of benzene rings is 1. The summed E-state index contributed by atoms with van der Waals surface area (Å²) in [6.07, 6.45) is 5.30. The number of hydrogen-bond donors (Lipinski definition) is 1. The number of imidazole rings is 1. The van der Waals surface area contributed by atoms with Crippen molar-refractivity contribution in [1.82, 2.24) is 14.5 Å². The van der Waals surface area contributed by atoms with Gasteiger partial charge in [0.15, 0.2) is 0 Å². The molecule has 110 valence electrons. The Bertz CT molecular complexity index is 853. The van der Waals surface area contributed by atoms with Gasteiger partial charge in [0.05, 0.1) is 35.5 Å². The van der Waals surface area contributed by atoms with Gasteiger partial charge in [0.2, 0.25) is 0 Å². The molecular weight excluding hydrogens is 294 g/mol. The van der Waals surface area contributed by atoms with Crippen LogP contribution < -0.4 is 0 Å². The van der Waals surface area contributed by atoms with Gasteiger partial charge in [-0.1, -0.05) is 24.3 Å². The van der Waals surface area contributed by atoms with Crippen molar-refractivity contribution in [2.45, 2.75) is 25.0 Å². The molecule has 2 aliphatic rings. The zero-order valence-electron chi connectivity index (χ0n) is 11.9. The Morgan fingerprint density at radius 2 is 2.18 bits per heavy atom. The highest BCUT2D eigenvalue weighted by molar-refractivity contribution is 7.09. The summed E-state index contributed by atoms with van der Waals surface area (Å²) in [5.74, 6) is 0.145. The smallest absolute Gasteiger partial charge is 0.102 e. The molecule has 4 nitrogen and oxygen atoms in total. The van der Waals surface area contributed by atoms with Crippen LogP contribution in [0.25, 0.3) is 11.3 Å². The molecule has 1 aromatic carbocycles. The van der Waals surface area contributed by atoms with Gasteiger partial charge < -0.3 is 9.67 Å². The number of rotatable bonds is 1. The van der Waals surface area contributed by atoms with Crippen LogP contribution in [0.3, 0.4) is 0 Å². The van der Waals surface area contributed by atoms with E-state index in [1.165, 1.54) is 16.0 Å². The van der Waals surface area contributed by atoms with Crippen molar-refractivity contribution in [3.05, 3.63) is 58.4 Å². The maximum atomic E-state index is 10.9. The minimum absolute atomic E-state index is 0.145. The Morgan fingerprint density at radius 3 is 3.14 bits per heavy atom. The monoisotopic (exact) mass is 309 g/mol. The third-order valence-corrected chi connectivity index (χ3v) is 5.90. The summed E-state index contributed by atoms with van der Waals surface area (Å²) in [5.41, 5.74) is 6.41. The Morgan fingerprint density at radius 1 is 1.27 bits per heavy atom. The highest BCUT2D eigenvalue weighted by Crippen LogP contribution is 2.49. The number of aryl methyl sites for hydroxylation is 1. The maximum Gasteiger partial charge on any atom is 0.102 e. The van der Waals surface area contributed by atoms with Crippen molar-refractivity contribution in [3.63, 3.8) is 0 Å². The first-order chi connectivity index (χ1) is 10.8. The van der Waals surface area contributed by atoms with Gasteiger partial charge in [0.25, 0.3) is 0 Å². The average molecular weight is 309 g/mol. The average Bonchev–Trinajstić information content (AvgIpc) is 3.23. The van der Waals surface area contributed by atoms with Gasteiger partial charge in [0.1, 0.15) is 6.10 Å². The molecule has 0 fully saturated rings. The number of fused-ring (bicyclic) bond motifs is 4. The number of aromatic nitrogens is 3. The highest BCUT2D eigenvalue weighted by Gasteiger charge is 2.41. The highest BCUT2D eigenvalue weighted by atomic mass is 32.1. The van der Waals surface area contributed by atoms with Gasteiger partial charge in [-0.2, -0.15) is 0 Å². The van der Waals surface area contributed by atoms with Crippen molar-refractivity contribution < 1.29 is 5.11 Å². The lowest BCUT2D eigenvalue weighted by atomic mass is 9.80. The lowest BCUT2D eigenvalue weighted by Crippen LogP contribution is -2.28. The molecule has 0 amide bonds. The molecule has 3 aromatic rings. The van der Waals surface area contributed by atoms with Crippen LogP contribution in [0.2, 0.25) is 0 Å². The number of thiazole rings is 1. The van der Waals surface area contributed by atoms with Gasteiger partial charge in [0, 0.05) is 16.4 Å². The summed E-state index contributed by atoms with van der Waals surface area (Å²) in [5, 5.41) is 10.9. The SMILES string of the molecule is OC1c2ncsc2CCC1C1c2ccccc2-c2cncn21. The largest absolute Gasteiger partial charge is 0.386 e. The Balaban J connectivity index is 1.65.